The average Bonchev–Trinajstić information content (AvgIpc) is 2.32. The molecule has 0 saturated heterocycles. The lowest BCUT2D eigenvalue weighted by Gasteiger charge is -2.12. The summed E-state index contributed by atoms with van der Waals surface area (Å²) in [6, 6.07) is 2.69. The first-order chi connectivity index (χ1) is 8.65. The van der Waals surface area contributed by atoms with Crippen LogP contribution in [0.2, 0.25) is 10.0 Å². The Balaban J connectivity index is 2.98. The molecule has 0 bridgehead atoms. The molecule has 1 N–H and O–H groups in total. The van der Waals surface area contributed by atoms with Gasteiger partial charge in [0.15, 0.2) is 0 Å². The van der Waals surface area contributed by atoms with Gasteiger partial charge in [-0.25, -0.2) is 13.1 Å². The van der Waals surface area contributed by atoms with Gasteiger partial charge in [0.1, 0.15) is 0 Å². The van der Waals surface area contributed by atoms with E-state index in [1.165, 1.54) is 18.4 Å². The van der Waals surface area contributed by atoms with Crippen molar-refractivity contribution in [1.82, 2.24) is 4.72 Å². The largest absolute Gasteiger partial charge is 0.260 e. The van der Waals surface area contributed by atoms with Crippen LogP contribution >= 0.6 is 23.2 Å². The van der Waals surface area contributed by atoms with E-state index in [-0.39, 0.29) is 16.7 Å². The van der Waals surface area contributed by atoms with Gasteiger partial charge in [-0.2, -0.15) is 0 Å². The minimum Gasteiger partial charge on any atom is -0.260 e. The standard InChI is InChI=1S/C11H15Cl2NO3S2/c1-7(18(3)15)6-14-19(16,17)9-4-10(12)8(2)11(13)5-9/h4-5,7,14H,6H2,1-3H3/t7-,18-/m0/s1. The van der Waals surface area contributed by atoms with Gasteiger partial charge in [0, 0.05) is 38.9 Å². The fourth-order valence-corrected chi connectivity index (χ4v) is 3.43. The van der Waals surface area contributed by atoms with E-state index in [4.69, 9.17) is 23.2 Å². The van der Waals surface area contributed by atoms with E-state index < -0.39 is 20.8 Å². The number of halogens is 2. The molecule has 0 aliphatic heterocycles. The molecular weight excluding hydrogens is 329 g/mol. The van der Waals surface area contributed by atoms with Crippen LogP contribution in [0.4, 0.5) is 0 Å². The van der Waals surface area contributed by atoms with Crippen molar-refractivity contribution in [2.45, 2.75) is 24.0 Å². The number of sulfonamides is 1. The minimum atomic E-state index is -3.70. The van der Waals surface area contributed by atoms with Gasteiger partial charge in [0.2, 0.25) is 10.0 Å². The molecule has 0 fully saturated rings. The summed E-state index contributed by atoms with van der Waals surface area (Å²) in [5.41, 5.74) is 0.630. The first-order valence-electron chi connectivity index (χ1n) is 5.42. The van der Waals surface area contributed by atoms with Crippen molar-refractivity contribution in [2.75, 3.05) is 12.8 Å². The molecule has 0 spiro atoms. The molecule has 0 heterocycles. The zero-order valence-electron chi connectivity index (χ0n) is 10.7. The number of hydrogen-bond donors (Lipinski definition) is 1. The van der Waals surface area contributed by atoms with E-state index in [1.807, 2.05) is 0 Å². The first-order valence-corrected chi connectivity index (χ1v) is 9.28. The summed E-state index contributed by atoms with van der Waals surface area (Å²) in [6.07, 6.45) is 1.53. The van der Waals surface area contributed by atoms with Crippen LogP contribution in [-0.2, 0) is 20.8 Å². The Kier molecular flexibility index (Phi) is 5.82. The number of rotatable bonds is 5. The first kappa shape index (κ1) is 16.9. The Morgan fingerprint density at radius 3 is 2.21 bits per heavy atom. The van der Waals surface area contributed by atoms with E-state index in [0.717, 1.165) is 0 Å². The molecule has 0 aromatic heterocycles. The van der Waals surface area contributed by atoms with Crippen molar-refractivity contribution in [3.05, 3.63) is 27.7 Å². The second-order valence-electron chi connectivity index (χ2n) is 4.17. The highest BCUT2D eigenvalue weighted by molar-refractivity contribution is 7.89. The predicted octanol–water partition coefficient (Wildman–Crippen LogP) is 2.35. The molecule has 4 nitrogen and oxygen atoms in total. The highest BCUT2D eigenvalue weighted by Crippen LogP contribution is 2.27. The fraction of sp³-hybridized carbons (Fsp3) is 0.455. The smallest absolute Gasteiger partial charge is 0.240 e. The third-order valence-electron chi connectivity index (χ3n) is 2.69. The molecule has 1 aromatic carbocycles. The molecule has 0 aliphatic carbocycles. The Bertz CT molecular complexity index is 579. The lowest BCUT2D eigenvalue weighted by Crippen LogP contribution is -2.32. The Labute approximate surface area is 126 Å². The second kappa shape index (κ2) is 6.54. The number of hydrogen-bond acceptors (Lipinski definition) is 3. The van der Waals surface area contributed by atoms with Crippen molar-refractivity contribution in [3.8, 4) is 0 Å². The third kappa shape index (κ3) is 4.43. The normalized spacial score (nSPS) is 15.2. The molecule has 0 amide bonds. The Morgan fingerprint density at radius 1 is 1.32 bits per heavy atom. The number of benzene rings is 1. The molecule has 2 atom stereocenters. The summed E-state index contributed by atoms with van der Waals surface area (Å²) in [4.78, 5) is 0.00202. The molecular formula is C11H15Cl2NO3S2. The third-order valence-corrected chi connectivity index (χ3v) is 6.18. The van der Waals surface area contributed by atoms with Gasteiger partial charge in [0.05, 0.1) is 4.90 Å². The van der Waals surface area contributed by atoms with Gasteiger partial charge in [-0.3, -0.25) is 4.21 Å². The molecule has 0 aliphatic rings. The summed E-state index contributed by atoms with van der Waals surface area (Å²) in [5, 5.41) is 0.311. The molecule has 0 saturated carbocycles. The van der Waals surface area contributed by atoms with Crippen LogP contribution < -0.4 is 4.72 Å². The van der Waals surface area contributed by atoms with Crippen molar-refractivity contribution >= 4 is 44.0 Å². The minimum absolute atomic E-state index is 0.00202. The lowest BCUT2D eigenvalue weighted by atomic mass is 10.2. The molecule has 19 heavy (non-hydrogen) atoms. The van der Waals surface area contributed by atoms with Gasteiger partial charge in [-0.1, -0.05) is 23.2 Å². The van der Waals surface area contributed by atoms with Crippen LogP contribution in [0.3, 0.4) is 0 Å². The SMILES string of the molecule is Cc1c(Cl)cc(S(=O)(=O)NC[C@H](C)[S@](C)=O)cc1Cl. The van der Waals surface area contributed by atoms with Crippen molar-refractivity contribution in [1.29, 1.82) is 0 Å². The zero-order chi connectivity index (χ0) is 14.8. The van der Waals surface area contributed by atoms with E-state index >= 15 is 0 Å². The van der Waals surface area contributed by atoms with Crippen LogP contribution in [0.25, 0.3) is 0 Å². The average molecular weight is 344 g/mol. The van der Waals surface area contributed by atoms with Crippen LogP contribution in [0.1, 0.15) is 12.5 Å². The maximum Gasteiger partial charge on any atom is 0.240 e. The molecule has 8 heteroatoms. The fourth-order valence-electron chi connectivity index (χ4n) is 1.20. The van der Waals surface area contributed by atoms with Crippen molar-refractivity contribution in [2.24, 2.45) is 0 Å². The van der Waals surface area contributed by atoms with Crippen molar-refractivity contribution in [3.63, 3.8) is 0 Å². The van der Waals surface area contributed by atoms with Gasteiger partial charge >= 0.3 is 0 Å². The topological polar surface area (TPSA) is 63.2 Å². The summed E-state index contributed by atoms with van der Waals surface area (Å²) in [6.45, 7) is 3.50. The van der Waals surface area contributed by atoms with Crippen LogP contribution in [-0.4, -0.2) is 30.7 Å². The zero-order valence-corrected chi connectivity index (χ0v) is 13.9. The summed E-state index contributed by atoms with van der Waals surface area (Å²) < 4.78 is 37.7. The quantitative estimate of drug-likeness (QED) is 0.892. The molecule has 108 valence electrons. The van der Waals surface area contributed by atoms with Crippen molar-refractivity contribution < 1.29 is 12.6 Å². The van der Waals surface area contributed by atoms with Crippen LogP contribution in [0.15, 0.2) is 17.0 Å². The maximum absolute atomic E-state index is 12.0. The van der Waals surface area contributed by atoms with E-state index in [9.17, 15) is 12.6 Å². The summed E-state index contributed by atoms with van der Waals surface area (Å²) >= 11 is 11.8. The highest BCUT2D eigenvalue weighted by Gasteiger charge is 2.18. The molecule has 0 radical (unpaired) electrons. The van der Waals surface area contributed by atoms with Crippen LogP contribution in [0.5, 0.6) is 0 Å². The second-order valence-corrected chi connectivity index (χ2v) is 8.56. The van der Waals surface area contributed by atoms with Gasteiger partial charge in [-0.05, 0) is 31.5 Å². The highest BCUT2D eigenvalue weighted by atomic mass is 35.5. The Hall–Kier alpha value is -0.140. The maximum atomic E-state index is 12.0. The number of nitrogens with one attached hydrogen (secondary N) is 1. The molecule has 0 unspecified atom stereocenters. The summed E-state index contributed by atoms with van der Waals surface area (Å²) in [5.74, 6) is 0. The lowest BCUT2D eigenvalue weighted by molar-refractivity contribution is 0.580. The van der Waals surface area contributed by atoms with E-state index in [2.05, 4.69) is 4.72 Å². The van der Waals surface area contributed by atoms with E-state index in [1.54, 1.807) is 13.8 Å². The van der Waals surface area contributed by atoms with Gasteiger partial charge in [0.25, 0.3) is 0 Å². The predicted molar refractivity (Wildman–Crippen MR) is 79.9 cm³/mol. The Morgan fingerprint density at radius 2 is 1.79 bits per heavy atom. The molecule has 1 aromatic rings. The van der Waals surface area contributed by atoms with Crippen LogP contribution in [0, 0.1) is 6.92 Å². The summed E-state index contributed by atoms with van der Waals surface area (Å²) in [7, 11) is -4.80. The van der Waals surface area contributed by atoms with Gasteiger partial charge in [-0.15, -0.1) is 0 Å². The molecule has 1 rings (SSSR count). The van der Waals surface area contributed by atoms with Gasteiger partial charge < -0.3 is 0 Å². The monoisotopic (exact) mass is 343 g/mol. The van der Waals surface area contributed by atoms with E-state index in [0.29, 0.717) is 15.6 Å².